The molecule has 2 aromatic carbocycles. The molecule has 6 rings (SSSR count). The minimum Gasteiger partial charge on any atom is -0.380 e. The van der Waals surface area contributed by atoms with E-state index in [1.165, 1.54) is 18.2 Å². The van der Waals surface area contributed by atoms with Crippen molar-refractivity contribution in [1.29, 1.82) is 0 Å². The van der Waals surface area contributed by atoms with E-state index in [0.29, 0.717) is 35.2 Å². The zero-order chi connectivity index (χ0) is 25.9. The van der Waals surface area contributed by atoms with Gasteiger partial charge in [-0.25, -0.2) is 22.7 Å². The number of benzene rings is 2. The first kappa shape index (κ1) is 24.7. The van der Waals surface area contributed by atoms with E-state index in [4.69, 9.17) is 11.6 Å². The van der Waals surface area contributed by atoms with Crippen molar-refractivity contribution < 1.29 is 17.6 Å². The largest absolute Gasteiger partial charge is 0.380 e. The number of alkyl halides is 2. The Morgan fingerprint density at radius 3 is 2.46 bits per heavy atom. The first-order chi connectivity index (χ1) is 17.7. The molecule has 1 saturated carbocycles. The third-order valence-corrected chi connectivity index (χ3v) is 8.68. The van der Waals surface area contributed by atoms with Crippen LogP contribution in [0.15, 0.2) is 35.1 Å². The summed E-state index contributed by atoms with van der Waals surface area (Å²) in [7, 11) is 0. The van der Waals surface area contributed by atoms with Gasteiger partial charge in [0, 0.05) is 41.0 Å². The molecule has 2 atom stereocenters. The molecule has 3 aliphatic rings. The van der Waals surface area contributed by atoms with Crippen LogP contribution in [-0.4, -0.2) is 46.2 Å². The summed E-state index contributed by atoms with van der Waals surface area (Å²) in [6.45, 7) is 1.50. The molecule has 0 radical (unpaired) electrons. The highest BCUT2D eigenvalue weighted by Crippen LogP contribution is 2.46. The van der Waals surface area contributed by atoms with Crippen molar-refractivity contribution in [3.63, 3.8) is 0 Å². The van der Waals surface area contributed by atoms with E-state index in [1.807, 2.05) is 0 Å². The maximum atomic E-state index is 15.3. The van der Waals surface area contributed by atoms with E-state index in [-0.39, 0.29) is 41.3 Å². The molecule has 1 saturated heterocycles. The molecule has 0 spiro atoms. The van der Waals surface area contributed by atoms with Gasteiger partial charge in [0.2, 0.25) is 5.92 Å². The summed E-state index contributed by atoms with van der Waals surface area (Å²) in [4.78, 5) is 14.8. The first-order valence-electron chi connectivity index (χ1n) is 12.8. The van der Waals surface area contributed by atoms with Gasteiger partial charge in [-0.1, -0.05) is 17.7 Å². The van der Waals surface area contributed by atoms with Crippen LogP contribution in [0.4, 0.5) is 23.2 Å². The van der Waals surface area contributed by atoms with Gasteiger partial charge in [0.15, 0.2) is 0 Å². The van der Waals surface area contributed by atoms with Crippen molar-refractivity contribution in [3.05, 3.63) is 68.6 Å². The lowest BCUT2D eigenvalue weighted by Gasteiger charge is -2.45. The summed E-state index contributed by atoms with van der Waals surface area (Å²) >= 11 is 6.04. The van der Waals surface area contributed by atoms with Crippen LogP contribution in [0.5, 0.6) is 0 Å². The van der Waals surface area contributed by atoms with E-state index >= 15 is 4.39 Å². The zero-order valence-corrected chi connectivity index (χ0v) is 20.8. The van der Waals surface area contributed by atoms with Crippen molar-refractivity contribution in [1.82, 2.24) is 15.1 Å². The Hall–Kier alpha value is -2.65. The summed E-state index contributed by atoms with van der Waals surface area (Å²) in [6.07, 6.45) is 2.38. The van der Waals surface area contributed by atoms with E-state index in [9.17, 15) is 18.0 Å². The summed E-state index contributed by atoms with van der Waals surface area (Å²) in [5.41, 5.74) is 0.846. The Morgan fingerprint density at radius 2 is 1.76 bits per heavy atom. The monoisotopic (exact) mass is 534 g/mol. The number of nitrogens with zero attached hydrogens (tertiary/aromatic N) is 2. The van der Waals surface area contributed by atoms with Gasteiger partial charge in [-0.3, -0.25) is 4.79 Å². The first-order valence-corrected chi connectivity index (χ1v) is 13.1. The quantitative estimate of drug-likeness (QED) is 0.400. The molecule has 0 bridgehead atoms. The van der Waals surface area contributed by atoms with Crippen LogP contribution < -0.4 is 10.9 Å². The lowest BCUT2D eigenvalue weighted by atomic mass is 9.74. The SMILES string of the molecule is O=c1[nH]nc2c3c(cc(F)cc13)N[C@@H](C1CCN(C3CCC(F)(F)CC3)CC1)[C@@H]2c1ccc(Cl)cc1F. The fourth-order valence-corrected chi connectivity index (χ4v) is 6.74. The molecule has 2 fully saturated rings. The topological polar surface area (TPSA) is 61.0 Å². The van der Waals surface area contributed by atoms with Crippen LogP contribution in [0.2, 0.25) is 5.02 Å². The third kappa shape index (κ3) is 4.50. The number of hydrogen-bond acceptors (Lipinski definition) is 4. The number of likely N-dealkylation sites (tertiary alicyclic amines) is 1. The van der Waals surface area contributed by atoms with Crippen LogP contribution in [0.25, 0.3) is 10.8 Å². The van der Waals surface area contributed by atoms with Crippen molar-refractivity contribution >= 4 is 28.1 Å². The fourth-order valence-electron chi connectivity index (χ4n) is 6.58. The number of H-pyrrole nitrogens is 1. The van der Waals surface area contributed by atoms with E-state index < -0.39 is 29.0 Å². The van der Waals surface area contributed by atoms with Gasteiger partial charge >= 0.3 is 0 Å². The van der Waals surface area contributed by atoms with Gasteiger partial charge in [-0.2, -0.15) is 5.10 Å². The second-order valence-electron chi connectivity index (χ2n) is 10.6. The summed E-state index contributed by atoms with van der Waals surface area (Å²) < 4.78 is 57.1. The molecule has 2 aliphatic heterocycles. The normalized spacial score (nSPS) is 24.8. The second-order valence-corrected chi connectivity index (χ2v) is 11.0. The molecule has 3 aromatic rings. The summed E-state index contributed by atoms with van der Waals surface area (Å²) in [6, 6.07) is 6.89. The Labute approximate surface area is 216 Å². The van der Waals surface area contributed by atoms with E-state index in [0.717, 1.165) is 25.9 Å². The number of nitrogens with one attached hydrogen (secondary N) is 2. The fraction of sp³-hybridized carbons (Fsp3) is 0.481. The Kier molecular flexibility index (Phi) is 6.18. The van der Waals surface area contributed by atoms with Gasteiger partial charge in [0.05, 0.1) is 17.0 Å². The molecule has 37 heavy (non-hydrogen) atoms. The van der Waals surface area contributed by atoms with Crippen molar-refractivity contribution in [2.45, 2.75) is 62.4 Å². The number of anilines is 1. The Balaban J connectivity index is 1.35. The lowest BCUT2D eigenvalue weighted by molar-refractivity contribution is -0.0570. The Bertz CT molecular complexity index is 1400. The van der Waals surface area contributed by atoms with Crippen molar-refractivity contribution in [3.8, 4) is 0 Å². The molecule has 196 valence electrons. The molecule has 10 heteroatoms. The Morgan fingerprint density at radius 1 is 1.03 bits per heavy atom. The predicted octanol–water partition coefficient (Wildman–Crippen LogP) is 6.07. The van der Waals surface area contributed by atoms with Gasteiger partial charge in [0.25, 0.3) is 5.56 Å². The number of aromatic nitrogens is 2. The maximum absolute atomic E-state index is 15.3. The van der Waals surface area contributed by atoms with Gasteiger partial charge in [-0.05, 0) is 74.5 Å². The van der Waals surface area contributed by atoms with Gasteiger partial charge in [-0.15, -0.1) is 0 Å². The smallest absolute Gasteiger partial charge is 0.272 e. The molecule has 0 amide bonds. The highest BCUT2D eigenvalue weighted by atomic mass is 35.5. The number of halogens is 5. The van der Waals surface area contributed by atoms with Crippen molar-refractivity contribution in [2.24, 2.45) is 5.92 Å². The molecule has 0 unspecified atom stereocenters. The second kappa shape index (κ2) is 9.27. The molecule has 3 heterocycles. The molecule has 1 aliphatic carbocycles. The lowest BCUT2D eigenvalue weighted by Crippen LogP contribution is -2.49. The highest BCUT2D eigenvalue weighted by molar-refractivity contribution is 6.30. The van der Waals surface area contributed by atoms with Crippen LogP contribution in [0.1, 0.15) is 55.7 Å². The predicted molar refractivity (Wildman–Crippen MR) is 134 cm³/mol. The molecular weight excluding hydrogens is 508 g/mol. The summed E-state index contributed by atoms with van der Waals surface area (Å²) in [5.74, 6) is -4.04. The minimum atomic E-state index is -2.56. The molecular formula is C27H27ClF4N4O. The maximum Gasteiger partial charge on any atom is 0.272 e. The number of rotatable bonds is 3. The number of piperidine rings is 1. The van der Waals surface area contributed by atoms with Crippen LogP contribution in [0.3, 0.4) is 0 Å². The molecule has 2 N–H and O–H groups in total. The van der Waals surface area contributed by atoms with Crippen LogP contribution >= 0.6 is 11.6 Å². The van der Waals surface area contributed by atoms with E-state index in [2.05, 4.69) is 20.4 Å². The number of aromatic amines is 1. The average Bonchev–Trinajstić information content (AvgIpc) is 2.86. The van der Waals surface area contributed by atoms with Gasteiger partial charge < -0.3 is 10.2 Å². The molecule has 5 nitrogen and oxygen atoms in total. The van der Waals surface area contributed by atoms with Gasteiger partial charge in [0.1, 0.15) is 11.6 Å². The summed E-state index contributed by atoms with van der Waals surface area (Å²) in [5, 5.41) is 11.2. The minimum absolute atomic E-state index is 0.0735. The third-order valence-electron chi connectivity index (χ3n) is 8.44. The van der Waals surface area contributed by atoms with Crippen molar-refractivity contribution in [2.75, 3.05) is 18.4 Å². The average molecular weight is 535 g/mol. The number of hydrogen-bond donors (Lipinski definition) is 2. The standard InChI is InChI=1S/C27H27ClF4N4O/c28-15-1-2-18(20(30)11-15)23-24(14-5-9-36(10-6-14)17-3-7-27(31,32)8-4-17)33-21-13-16(29)12-19-22(21)25(23)34-35-26(19)37/h1-2,11-14,17,23-24,33H,3-10H2,(H,35,37)/t23-,24-/m0/s1. The zero-order valence-electron chi connectivity index (χ0n) is 20.0. The van der Waals surface area contributed by atoms with E-state index in [1.54, 1.807) is 12.1 Å². The van der Waals surface area contributed by atoms with Crippen LogP contribution in [-0.2, 0) is 0 Å². The molecule has 1 aromatic heterocycles. The van der Waals surface area contributed by atoms with Crippen LogP contribution in [0, 0.1) is 17.6 Å². The highest BCUT2D eigenvalue weighted by Gasteiger charge is 2.42.